The van der Waals surface area contributed by atoms with Crippen LogP contribution in [0.1, 0.15) is 66.2 Å². The topological polar surface area (TPSA) is 15.3 Å². The molecule has 0 aromatic carbocycles. The third kappa shape index (κ3) is 4.21. The first-order valence-electron chi connectivity index (χ1n) is 8.97. The van der Waals surface area contributed by atoms with E-state index in [4.69, 9.17) is 0 Å². The molecule has 1 N–H and O–H groups in total. The molecule has 0 aromatic heterocycles. The number of rotatable bonds is 6. The van der Waals surface area contributed by atoms with Gasteiger partial charge in [0.15, 0.2) is 0 Å². The average Bonchev–Trinajstić information content (AvgIpc) is 2.84. The molecule has 2 rings (SSSR count). The Morgan fingerprint density at radius 1 is 0.900 bits per heavy atom. The lowest BCUT2D eigenvalue weighted by Gasteiger charge is -2.44. The van der Waals surface area contributed by atoms with Crippen LogP contribution in [0.4, 0.5) is 0 Å². The second-order valence-electron chi connectivity index (χ2n) is 8.11. The molecule has 2 nitrogen and oxygen atoms in total. The van der Waals surface area contributed by atoms with Crippen LogP contribution in [-0.2, 0) is 0 Å². The fourth-order valence-corrected chi connectivity index (χ4v) is 4.26. The molecule has 0 bridgehead atoms. The van der Waals surface area contributed by atoms with Crippen molar-refractivity contribution in [3.63, 3.8) is 0 Å². The third-order valence-electron chi connectivity index (χ3n) is 5.67. The predicted octanol–water partition coefficient (Wildman–Crippen LogP) is 3.91. The summed E-state index contributed by atoms with van der Waals surface area (Å²) in [5.74, 6) is 1.51. The molecule has 1 saturated carbocycles. The number of hydrogen-bond donors (Lipinski definition) is 1. The summed E-state index contributed by atoms with van der Waals surface area (Å²) >= 11 is 0. The maximum atomic E-state index is 3.68. The summed E-state index contributed by atoms with van der Waals surface area (Å²) in [6.07, 6.45) is 8.92. The van der Waals surface area contributed by atoms with Crippen molar-refractivity contribution in [1.29, 1.82) is 0 Å². The van der Waals surface area contributed by atoms with Gasteiger partial charge in [0.25, 0.3) is 0 Å². The van der Waals surface area contributed by atoms with E-state index in [1.54, 1.807) is 0 Å². The highest BCUT2D eigenvalue weighted by Gasteiger charge is 2.38. The van der Waals surface area contributed by atoms with Crippen LogP contribution in [0.3, 0.4) is 0 Å². The van der Waals surface area contributed by atoms with E-state index in [1.165, 1.54) is 58.2 Å². The van der Waals surface area contributed by atoms with Crippen molar-refractivity contribution in [1.82, 2.24) is 10.2 Å². The Balaban J connectivity index is 1.81. The second kappa shape index (κ2) is 7.26. The van der Waals surface area contributed by atoms with Gasteiger partial charge in [-0.25, -0.2) is 0 Å². The molecule has 2 fully saturated rings. The van der Waals surface area contributed by atoms with E-state index in [9.17, 15) is 0 Å². The molecule has 1 heterocycles. The van der Waals surface area contributed by atoms with E-state index in [1.807, 2.05) is 0 Å². The fraction of sp³-hybridized carbons (Fsp3) is 1.00. The molecule has 1 saturated heterocycles. The molecule has 20 heavy (non-hydrogen) atoms. The van der Waals surface area contributed by atoms with Crippen molar-refractivity contribution >= 4 is 0 Å². The molecule has 2 aliphatic rings. The van der Waals surface area contributed by atoms with Crippen molar-refractivity contribution < 1.29 is 0 Å². The van der Waals surface area contributed by atoms with Gasteiger partial charge in [0.2, 0.25) is 0 Å². The van der Waals surface area contributed by atoms with Gasteiger partial charge in [-0.15, -0.1) is 0 Å². The molecular formula is C18H36N2. The van der Waals surface area contributed by atoms with E-state index in [0.29, 0.717) is 0 Å². The Kier molecular flexibility index (Phi) is 5.92. The van der Waals surface area contributed by atoms with Crippen molar-refractivity contribution in [3.8, 4) is 0 Å². The van der Waals surface area contributed by atoms with Crippen molar-refractivity contribution in [2.24, 2.45) is 17.3 Å². The number of likely N-dealkylation sites (tertiary alicyclic amines) is 1. The van der Waals surface area contributed by atoms with E-state index in [-0.39, 0.29) is 0 Å². The van der Waals surface area contributed by atoms with Gasteiger partial charge < -0.3 is 5.32 Å². The first-order chi connectivity index (χ1) is 9.52. The molecule has 1 aliphatic heterocycles. The Morgan fingerprint density at radius 2 is 1.50 bits per heavy atom. The maximum absolute atomic E-state index is 3.68. The predicted molar refractivity (Wildman–Crippen MR) is 88.0 cm³/mol. The number of piperidine rings is 1. The summed E-state index contributed by atoms with van der Waals surface area (Å²) in [6, 6.07) is 0.729. The van der Waals surface area contributed by atoms with Crippen LogP contribution < -0.4 is 5.32 Å². The fourth-order valence-electron chi connectivity index (χ4n) is 4.26. The summed E-state index contributed by atoms with van der Waals surface area (Å²) in [5.41, 5.74) is 0.753. The second-order valence-corrected chi connectivity index (χ2v) is 8.11. The van der Waals surface area contributed by atoms with Crippen LogP contribution in [-0.4, -0.2) is 37.1 Å². The van der Waals surface area contributed by atoms with Gasteiger partial charge in [-0.1, -0.05) is 40.5 Å². The smallest absolute Gasteiger partial charge is 0.0243 e. The molecule has 2 heteroatoms. The number of hydrogen-bond acceptors (Lipinski definition) is 2. The van der Waals surface area contributed by atoms with Crippen LogP contribution in [0.15, 0.2) is 0 Å². The first-order valence-corrected chi connectivity index (χ1v) is 8.97. The molecule has 1 atom stereocenters. The van der Waals surface area contributed by atoms with Gasteiger partial charge in [0.1, 0.15) is 0 Å². The lowest BCUT2D eigenvalue weighted by Crippen LogP contribution is -2.50. The van der Waals surface area contributed by atoms with Crippen LogP contribution in [0.2, 0.25) is 0 Å². The van der Waals surface area contributed by atoms with Gasteiger partial charge in [0.05, 0.1) is 0 Å². The SMILES string of the molecule is CC(C)CNCC(C(C)C)N1CCC2(CCCC2)CC1. The summed E-state index contributed by atoms with van der Waals surface area (Å²) in [4.78, 5) is 2.78. The maximum Gasteiger partial charge on any atom is 0.0243 e. The molecular weight excluding hydrogens is 244 g/mol. The zero-order valence-electron chi connectivity index (χ0n) is 14.3. The van der Waals surface area contributed by atoms with Crippen molar-refractivity contribution in [3.05, 3.63) is 0 Å². The number of nitrogens with one attached hydrogen (secondary N) is 1. The third-order valence-corrected chi connectivity index (χ3v) is 5.67. The molecule has 1 aliphatic carbocycles. The van der Waals surface area contributed by atoms with Crippen molar-refractivity contribution in [2.45, 2.75) is 72.3 Å². The standard InChI is InChI=1S/C18H36N2/c1-15(2)13-19-14-17(16(3)4)20-11-9-18(10-12-20)7-5-6-8-18/h15-17,19H,5-14H2,1-4H3. The monoisotopic (exact) mass is 280 g/mol. The quantitative estimate of drug-likeness (QED) is 0.793. The number of nitrogens with zero attached hydrogens (tertiary/aromatic N) is 1. The minimum Gasteiger partial charge on any atom is -0.315 e. The largest absolute Gasteiger partial charge is 0.315 e. The van der Waals surface area contributed by atoms with Crippen LogP contribution in [0.5, 0.6) is 0 Å². The zero-order chi connectivity index (χ0) is 14.6. The molecule has 0 amide bonds. The Bertz CT molecular complexity index is 269. The average molecular weight is 280 g/mol. The lowest BCUT2D eigenvalue weighted by atomic mass is 9.76. The highest BCUT2D eigenvalue weighted by atomic mass is 15.2. The zero-order valence-corrected chi connectivity index (χ0v) is 14.3. The van der Waals surface area contributed by atoms with E-state index in [0.717, 1.165) is 29.8 Å². The Hall–Kier alpha value is -0.0800. The molecule has 0 radical (unpaired) electrons. The van der Waals surface area contributed by atoms with Gasteiger partial charge in [-0.2, -0.15) is 0 Å². The highest BCUT2D eigenvalue weighted by Crippen LogP contribution is 2.46. The van der Waals surface area contributed by atoms with Crippen LogP contribution in [0, 0.1) is 17.3 Å². The molecule has 1 unspecified atom stereocenters. The Labute approximate surface area is 126 Å². The highest BCUT2D eigenvalue weighted by molar-refractivity contribution is 4.92. The summed E-state index contributed by atoms with van der Waals surface area (Å²) in [6.45, 7) is 14.4. The van der Waals surface area contributed by atoms with Gasteiger partial charge in [-0.3, -0.25) is 4.90 Å². The minimum atomic E-state index is 0.729. The van der Waals surface area contributed by atoms with Crippen LogP contribution >= 0.6 is 0 Å². The summed E-state index contributed by atoms with van der Waals surface area (Å²) in [5, 5.41) is 3.68. The van der Waals surface area contributed by atoms with E-state index >= 15 is 0 Å². The minimum absolute atomic E-state index is 0.729. The Morgan fingerprint density at radius 3 is 2.00 bits per heavy atom. The lowest BCUT2D eigenvalue weighted by molar-refractivity contribution is 0.0582. The normalized spacial score (nSPS) is 24.9. The molecule has 0 aromatic rings. The van der Waals surface area contributed by atoms with E-state index < -0.39 is 0 Å². The van der Waals surface area contributed by atoms with Crippen LogP contribution in [0.25, 0.3) is 0 Å². The first kappa shape index (κ1) is 16.3. The van der Waals surface area contributed by atoms with Gasteiger partial charge >= 0.3 is 0 Å². The van der Waals surface area contributed by atoms with Gasteiger partial charge in [-0.05, 0) is 62.6 Å². The molecule has 118 valence electrons. The van der Waals surface area contributed by atoms with Gasteiger partial charge in [0, 0.05) is 12.6 Å². The molecule has 1 spiro atoms. The summed E-state index contributed by atoms with van der Waals surface area (Å²) in [7, 11) is 0. The summed E-state index contributed by atoms with van der Waals surface area (Å²) < 4.78 is 0. The van der Waals surface area contributed by atoms with Crippen molar-refractivity contribution in [2.75, 3.05) is 26.2 Å². The van der Waals surface area contributed by atoms with E-state index in [2.05, 4.69) is 37.9 Å².